The molecule has 28 heavy (non-hydrogen) atoms. The molecule has 3 heterocycles. The van der Waals surface area contributed by atoms with Gasteiger partial charge in [-0.3, -0.25) is 9.69 Å². The number of thiophene rings is 1. The van der Waals surface area contributed by atoms with Crippen molar-refractivity contribution >= 4 is 34.3 Å². The van der Waals surface area contributed by atoms with Gasteiger partial charge in [0.1, 0.15) is 5.01 Å². The van der Waals surface area contributed by atoms with E-state index in [4.69, 9.17) is 0 Å². The summed E-state index contributed by atoms with van der Waals surface area (Å²) in [5, 5.41) is 10.0. The number of nitrogens with one attached hydrogen (secondary N) is 1. The maximum absolute atomic E-state index is 12.4. The van der Waals surface area contributed by atoms with E-state index in [-0.39, 0.29) is 5.91 Å². The molecule has 1 N–H and O–H groups in total. The molecule has 0 saturated carbocycles. The van der Waals surface area contributed by atoms with Crippen molar-refractivity contribution < 1.29 is 4.79 Å². The van der Waals surface area contributed by atoms with Gasteiger partial charge in [-0.25, -0.2) is 4.98 Å². The third-order valence-corrected chi connectivity index (χ3v) is 6.81. The quantitative estimate of drug-likeness (QED) is 0.600. The van der Waals surface area contributed by atoms with Gasteiger partial charge in [0, 0.05) is 28.6 Å². The summed E-state index contributed by atoms with van der Waals surface area (Å²) in [5.41, 5.74) is 4.09. The zero-order valence-corrected chi connectivity index (χ0v) is 17.7. The predicted molar refractivity (Wildman–Crippen MR) is 118 cm³/mol. The summed E-state index contributed by atoms with van der Waals surface area (Å²) in [6.45, 7) is 5.69. The van der Waals surface area contributed by atoms with E-state index in [1.165, 1.54) is 31.5 Å². The van der Waals surface area contributed by atoms with Crippen molar-refractivity contribution in [2.45, 2.75) is 32.7 Å². The van der Waals surface area contributed by atoms with E-state index >= 15 is 0 Å². The number of likely N-dealkylation sites (tertiary alicyclic amines) is 1. The van der Waals surface area contributed by atoms with Crippen molar-refractivity contribution in [1.82, 2.24) is 9.88 Å². The second-order valence-electron chi connectivity index (χ2n) is 7.54. The second kappa shape index (κ2) is 8.99. The molecule has 0 aliphatic carbocycles. The van der Waals surface area contributed by atoms with Crippen LogP contribution in [0.3, 0.4) is 0 Å². The first kappa shape index (κ1) is 19.3. The molecule has 0 radical (unpaired) electrons. The van der Waals surface area contributed by atoms with Crippen LogP contribution in [0.4, 0.5) is 5.69 Å². The number of rotatable bonds is 6. The Labute approximate surface area is 174 Å². The minimum atomic E-state index is -0.0278. The van der Waals surface area contributed by atoms with Crippen LogP contribution in [0.2, 0.25) is 0 Å². The van der Waals surface area contributed by atoms with Crippen molar-refractivity contribution in [2.24, 2.45) is 5.92 Å². The Hall–Kier alpha value is -2.02. The van der Waals surface area contributed by atoms with E-state index in [0.29, 0.717) is 6.42 Å². The lowest BCUT2D eigenvalue weighted by Gasteiger charge is -2.30. The Bertz CT molecular complexity index is 894. The van der Waals surface area contributed by atoms with Gasteiger partial charge in [0.25, 0.3) is 0 Å². The number of hydrogen-bond donors (Lipinski definition) is 1. The highest BCUT2D eigenvalue weighted by molar-refractivity contribution is 7.14. The van der Waals surface area contributed by atoms with Gasteiger partial charge in [-0.15, -0.1) is 11.3 Å². The van der Waals surface area contributed by atoms with E-state index in [1.807, 2.05) is 22.9 Å². The summed E-state index contributed by atoms with van der Waals surface area (Å²) < 4.78 is 0. The number of carbonyl (C=O) groups excluding carboxylic acids is 1. The number of anilines is 1. The number of aromatic nitrogens is 1. The lowest BCUT2D eigenvalue weighted by molar-refractivity contribution is -0.115. The van der Waals surface area contributed by atoms with Crippen LogP contribution in [0.1, 0.15) is 31.0 Å². The number of piperidine rings is 1. The number of amides is 1. The van der Waals surface area contributed by atoms with Crippen LogP contribution >= 0.6 is 22.7 Å². The monoisotopic (exact) mass is 411 g/mol. The normalized spacial score (nSPS) is 15.6. The van der Waals surface area contributed by atoms with Crippen LogP contribution in [0, 0.1) is 5.92 Å². The molecular weight excluding hydrogens is 386 g/mol. The van der Waals surface area contributed by atoms with Crippen LogP contribution in [0.15, 0.2) is 46.5 Å². The van der Waals surface area contributed by atoms with Gasteiger partial charge in [-0.1, -0.05) is 19.1 Å². The maximum Gasteiger partial charge on any atom is 0.230 e. The van der Waals surface area contributed by atoms with Crippen LogP contribution in [0.25, 0.3) is 10.6 Å². The van der Waals surface area contributed by atoms with Crippen LogP contribution in [-0.2, 0) is 17.8 Å². The summed E-state index contributed by atoms with van der Waals surface area (Å²) in [4.78, 5) is 19.4. The molecule has 0 atom stereocenters. The fourth-order valence-corrected chi connectivity index (χ4v) is 4.98. The number of hydrogen-bond acceptors (Lipinski definition) is 5. The fourth-order valence-electron chi connectivity index (χ4n) is 3.45. The average Bonchev–Trinajstić information content (AvgIpc) is 3.37. The molecule has 0 bridgehead atoms. The highest BCUT2D eigenvalue weighted by atomic mass is 32.1. The van der Waals surface area contributed by atoms with Crippen LogP contribution < -0.4 is 5.32 Å². The van der Waals surface area contributed by atoms with Gasteiger partial charge in [0.2, 0.25) is 5.91 Å². The standard InChI is InChI=1S/C22H25N3OS2/c1-16-6-9-25(10-7-16)13-17-2-4-19(5-3-17)23-21(26)12-20-15-28-22(24-20)18-8-11-27-14-18/h2-5,8,11,14-16H,6-7,9-10,12-13H2,1H3,(H,23,26). The SMILES string of the molecule is CC1CCN(Cc2ccc(NC(=O)Cc3csc(-c4ccsc4)n3)cc2)CC1. The average molecular weight is 412 g/mol. The molecule has 2 aromatic heterocycles. The first-order chi connectivity index (χ1) is 13.7. The van der Waals surface area contributed by atoms with Crippen LogP contribution in [-0.4, -0.2) is 28.9 Å². The molecule has 1 aliphatic heterocycles. The zero-order chi connectivity index (χ0) is 19.3. The fraction of sp³-hybridized carbons (Fsp3) is 0.364. The Morgan fingerprint density at radius 2 is 1.96 bits per heavy atom. The highest BCUT2D eigenvalue weighted by Crippen LogP contribution is 2.26. The number of carbonyl (C=O) groups is 1. The van der Waals surface area contributed by atoms with Gasteiger partial charge in [-0.2, -0.15) is 11.3 Å². The van der Waals surface area contributed by atoms with Gasteiger partial charge in [-0.05, 0) is 61.0 Å². The summed E-state index contributed by atoms with van der Waals surface area (Å²) in [5.74, 6) is 0.827. The predicted octanol–water partition coefficient (Wildman–Crippen LogP) is 5.28. The molecule has 4 nitrogen and oxygen atoms in total. The molecule has 1 amide bonds. The Kier molecular flexibility index (Phi) is 6.20. The molecule has 0 unspecified atom stereocenters. The summed E-state index contributed by atoms with van der Waals surface area (Å²) >= 11 is 3.24. The lowest BCUT2D eigenvalue weighted by atomic mass is 9.99. The van der Waals surface area contributed by atoms with E-state index in [0.717, 1.165) is 34.4 Å². The van der Waals surface area contributed by atoms with Crippen molar-refractivity contribution in [3.63, 3.8) is 0 Å². The van der Waals surface area contributed by atoms with Crippen molar-refractivity contribution in [1.29, 1.82) is 0 Å². The van der Waals surface area contributed by atoms with Gasteiger partial charge < -0.3 is 5.32 Å². The molecule has 3 aromatic rings. The summed E-state index contributed by atoms with van der Waals surface area (Å²) in [6.07, 6.45) is 2.88. The first-order valence-electron chi connectivity index (χ1n) is 9.74. The summed E-state index contributed by atoms with van der Waals surface area (Å²) in [6, 6.07) is 10.3. The number of nitrogens with zero attached hydrogens (tertiary/aromatic N) is 2. The lowest BCUT2D eigenvalue weighted by Crippen LogP contribution is -2.32. The van der Waals surface area contributed by atoms with E-state index in [2.05, 4.69) is 45.7 Å². The number of thiazole rings is 1. The number of benzene rings is 1. The minimum Gasteiger partial charge on any atom is -0.326 e. The Morgan fingerprint density at radius 1 is 1.18 bits per heavy atom. The van der Waals surface area contributed by atoms with E-state index < -0.39 is 0 Å². The van der Waals surface area contributed by atoms with Crippen molar-refractivity contribution in [3.8, 4) is 10.6 Å². The molecular formula is C22H25N3OS2. The first-order valence-corrected chi connectivity index (χ1v) is 11.6. The van der Waals surface area contributed by atoms with Crippen molar-refractivity contribution in [3.05, 3.63) is 57.7 Å². The molecule has 4 rings (SSSR count). The van der Waals surface area contributed by atoms with E-state index in [9.17, 15) is 4.79 Å². The zero-order valence-electron chi connectivity index (χ0n) is 16.1. The highest BCUT2D eigenvalue weighted by Gasteiger charge is 2.15. The smallest absolute Gasteiger partial charge is 0.230 e. The Morgan fingerprint density at radius 3 is 2.68 bits per heavy atom. The van der Waals surface area contributed by atoms with Gasteiger partial charge >= 0.3 is 0 Å². The third kappa shape index (κ3) is 5.07. The third-order valence-electron chi connectivity index (χ3n) is 5.18. The van der Waals surface area contributed by atoms with Crippen LogP contribution in [0.5, 0.6) is 0 Å². The second-order valence-corrected chi connectivity index (χ2v) is 9.17. The summed E-state index contributed by atoms with van der Waals surface area (Å²) in [7, 11) is 0. The molecule has 1 aromatic carbocycles. The van der Waals surface area contributed by atoms with Crippen molar-refractivity contribution in [2.75, 3.05) is 18.4 Å². The maximum atomic E-state index is 12.4. The topological polar surface area (TPSA) is 45.2 Å². The molecule has 1 aliphatic rings. The van der Waals surface area contributed by atoms with Gasteiger partial charge in [0.05, 0.1) is 12.1 Å². The van der Waals surface area contributed by atoms with Gasteiger partial charge in [0.15, 0.2) is 0 Å². The molecule has 1 fully saturated rings. The largest absolute Gasteiger partial charge is 0.326 e. The molecule has 1 saturated heterocycles. The van der Waals surface area contributed by atoms with E-state index in [1.54, 1.807) is 22.7 Å². The molecule has 146 valence electrons. The molecule has 6 heteroatoms. The molecule has 0 spiro atoms. The Balaban J connectivity index is 1.28. The minimum absolute atomic E-state index is 0.0278.